The smallest absolute Gasteiger partial charge is 0.168 e. The van der Waals surface area contributed by atoms with E-state index in [0.717, 1.165) is 38.2 Å². The summed E-state index contributed by atoms with van der Waals surface area (Å²) in [6.07, 6.45) is 4.92. The Bertz CT molecular complexity index is 607. The molecule has 1 aliphatic heterocycles. The van der Waals surface area contributed by atoms with E-state index in [4.69, 9.17) is 11.6 Å². The molecule has 2 heterocycles. The van der Waals surface area contributed by atoms with Gasteiger partial charge in [-0.2, -0.15) is 0 Å². The first kappa shape index (κ1) is 14.6. The standard InChI is InChI=1S/C16H22N6/c17-14-15(21-18)19-11-20-16(14)22-8-6-13(7-9-22)10-12-4-2-1-3-5-12/h1-5,11,13H,6-10,17-18H2,(H,19,20,21). The molecule has 0 saturated carbocycles. The molecule has 0 spiro atoms. The zero-order valence-electron chi connectivity index (χ0n) is 12.6. The zero-order chi connectivity index (χ0) is 15.4. The molecule has 0 unspecified atom stereocenters. The van der Waals surface area contributed by atoms with Crippen molar-refractivity contribution in [3.63, 3.8) is 0 Å². The number of benzene rings is 1. The zero-order valence-corrected chi connectivity index (χ0v) is 12.6. The van der Waals surface area contributed by atoms with Crippen LogP contribution in [0, 0.1) is 5.92 Å². The molecule has 2 aromatic rings. The fourth-order valence-corrected chi connectivity index (χ4v) is 3.05. The summed E-state index contributed by atoms with van der Waals surface area (Å²) in [6, 6.07) is 10.7. The summed E-state index contributed by atoms with van der Waals surface area (Å²) < 4.78 is 0. The Labute approximate surface area is 130 Å². The lowest BCUT2D eigenvalue weighted by atomic mass is 9.90. The summed E-state index contributed by atoms with van der Waals surface area (Å²) in [5.74, 6) is 7.40. The lowest BCUT2D eigenvalue weighted by Crippen LogP contribution is -2.35. The van der Waals surface area contributed by atoms with E-state index in [1.165, 1.54) is 11.9 Å². The second kappa shape index (κ2) is 6.62. The van der Waals surface area contributed by atoms with Crippen molar-refractivity contribution in [2.75, 3.05) is 29.1 Å². The van der Waals surface area contributed by atoms with Gasteiger partial charge < -0.3 is 16.1 Å². The van der Waals surface area contributed by atoms with Crippen LogP contribution in [0.3, 0.4) is 0 Å². The third-order valence-corrected chi connectivity index (χ3v) is 4.28. The van der Waals surface area contributed by atoms with Crippen molar-refractivity contribution in [1.29, 1.82) is 0 Å². The summed E-state index contributed by atoms with van der Waals surface area (Å²) >= 11 is 0. The van der Waals surface area contributed by atoms with Crippen molar-refractivity contribution in [1.82, 2.24) is 9.97 Å². The van der Waals surface area contributed by atoms with Gasteiger partial charge in [-0.25, -0.2) is 15.8 Å². The van der Waals surface area contributed by atoms with Crippen molar-refractivity contribution in [3.05, 3.63) is 42.2 Å². The van der Waals surface area contributed by atoms with Gasteiger partial charge in [0.05, 0.1) is 0 Å². The molecular weight excluding hydrogens is 276 g/mol. The van der Waals surface area contributed by atoms with Gasteiger partial charge in [-0.3, -0.25) is 0 Å². The molecule has 6 heteroatoms. The van der Waals surface area contributed by atoms with E-state index >= 15 is 0 Å². The van der Waals surface area contributed by atoms with Gasteiger partial charge in [0.1, 0.15) is 12.0 Å². The Morgan fingerprint density at radius 1 is 1.14 bits per heavy atom. The van der Waals surface area contributed by atoms with E-state index in [1.807, 2.05) is 0 Å². The second-order valence-electron chi connectivity index (χ2n) is 5.72. The molecule has 22 heavy (non-hydrogen) atoms. The minimum atomic E-state index is 0.483. The monoisotopic (exact) mass is 298 g/mol. The van der Waals surface area contributed by atoms with Crippen LogP contribution in [0.2, 0.25) is 0 Å². The number of nitrogens with two attached hydrogens (primary N) is 2. The van der Waals surface area contributed by atoms with Gasteiger partial charge in [0.15, 0.2) is 11.6 Å². The Kier molecular flexibility index (Phi) is 4.39. The highest BCUT2D eigenvalue weighted by molar-refractivity contribution is 5.74. The van der Waals surface area contributed by atoms with Crippen molar-refractivity contribution >= 4 is 17.3 Å². The molecule has 0 aliphatic carbocycles. The van der Waals surface area contributed by atoms with Crippen molar-refractivity contribution < 1.29 is 0 Å². The van der Waals surface area contributed by atoms with Gasteiger partial charge in [-0.05, 0) is 30.7 Å². The van der Waals surface area contributed by atoms with E-state index in [2.05, 4.69) is 50.6 Å². The van der Waals surface area contributed by atoms with Crippen LogP contribution in [0.5, 0.6) is 0 Å². The van der Waals surface area contributed by atoms with Crippen LogP contribution in [-0.4, -0.2) is 23.1 Å². The van der Waals surface area contributed by atoms with Gasteiger partial charge in [0.2, 0.25) is 0 Å². The van der Waals surface area contributed by atoms with E-state index in [-0.39, 0.29) is 0 Å². The maximum atomic E-state index is 6.07. The van der Waals surface area contributed by atoms with Gasteiger partial charge in [-0.1, -0.05) is 30.3 Å². The first-order valence-corrected chi connectivity index (χ1v) is 7.64. The van der Waals surface area contributed by atoms with E-state index in [1.54, 1.807) is 0 Å². The maximum absolute atomic E-state index is 6.07. The highest BCUT2D eigenvalue weighted by atomic mass is 15.3. The summed E-state index contributed by atoms with van der Waals surface area (Å²) in [6.45, 7) is 1.92. The van der Waals surface area contributed by atoms with E-state index in [0.29, 0.717) is 17.4 Å². The molecule has 0 radical (unpaired) electrons. The van der Waals surface area contributed by atoms with Crippen molar-refractivity contribution in [2.24, 2.45) is 11.8 Å². The molecule has 1 fully saturated rings. The third-order valence-electron chi connectivity index (χ3n) is 4.28. The van der Waals surface area contributed by atoms with E-state index in [9.17, 15) is 0 Å². The average molecular weight is 298 g/mol. The molecule has 0 amide bonds. The number of nitrogen functional groups attached to an aromatic ring is 2. The molecular formula is C16H22N6. The van der Waals surface area contributed by atoms with Gasteiger partial charge >= 0.3 is 0 Å². The Hall–Kier alpha value is -2.34. The van der Waals surface area contributed by atoms with Crippen LogP contribution in [0.25, 0.3) is 0 Å². The SMILES string of the molecule is NNc1ncnc(N2CCC(Cc3ccccc3)CC2)c1N. The van der Waals surface area contributed by atoms with Crippen LogP contribution in [-0.2, 0) is 6.42 Å². The quantitative estimate of drug-likeness (QED) is 0.589. The molecule has 6 nitrogen and oxygen atoms in total. The Morgan fingerprint density at radius 2 is 1.86 bits per heavy atom. The van der Waals surface area contributed by atoms with Crippen LogP contribution < -0.4 is 21.9 Å². The summed E-state index contributed by atoms with van der Waals surface area (Å²) in [5, 5.41) is 0. The number of hydrazine groups is 1. The molecule has 0 bridgehead atoms. The highest BCUT2D eigenvalue weighted by Gasteiger charge is 2.22. The largest absolute Gasteiger partial charge is 0.393 e. The number of anilines is 3. The molecule has 1 aromatic carbocycles. The first-order chi connectivity index (χ1) is 10.8. The number of rotatable bonds is 4. The number of piperidine rings is 1. The minimum absolute atomic E-state index is 0.483. The Balaban J connectivity index is 1.62. The number of aromatic nitrogens is 2. The van der Waals surface area contributed by atoms with Gasteiger partial charge in [0.25, 0.3) is 0 Å². The minimum Gasteiger partial charge on any atom is -0.393 e. The maximum Gasteiger partial charge on any atom is 0.168 e. The van der Waals surface area contributed by atoms with Crippen molar-refractivity contribution in [3.8, 4) is 0 Å². The van der Waals surface area contributed by atoms with Crippen LogP contribution in [0.15, 0.2) is 36.7 Å². The lowest BCUT2D eigenvalue weighted by molar-refractivity contribution is 0.402. The Morgan fingerprint density at radius 3 is 2.55 bits per heavy atom. The summed E-state index contributed by atoms with van der Waals surface area (Å²) in [4.78, 5) is 10.6. The predicted molar refractivity (Wildman–Crippen MR) is 89.3 cm³/mol. The summed E-state index contributed by atoms with van der Waals surface area (Å²) in [5.41, 5.74) is 10.5. The normalized spacial score (nSPS) is 15.8. The van der Waals surface area contributed by atoms with Crippen molar-refractivity contribution in [2.45, 2.75) is 19.3 Å². The predicted octanol–water partition coefficient (Wildman–Crippen LogP) is 1.80. The molecule has 5 N–H and O–H groups in total. The molecule has 1 aromatic heterocycles. The summed E-state index contributed by atoms with van der Waals surface area (Å²) in [7, 11) is 0. The van der Waals surface area contributed by atoms with Crippen LogP contribution >= 0.6 is 0 Å². The van der Waals surface area contributed by atoms with Gasteiger partial charge in [-0.15, -0.1) is 0 Å². The molecule has 116 valence electrons. The van der Waals surface area contributed by atoms with Gasteiger partial charge in [0, 0.05) is 13.1 Å². The fourth-order valence-electron chi connectivity index (χ4n) is 3.05. The number of nitrogens with one attached hydrogen (secondary N) is 1. The molecule has 0 atom stereocenters. The molecule has 1 saturated heterocycles. The average Bonchev–Trinajstić information content (AvgIpc) is 2.57. The van der Waals surface area contributed by atoms with Crippen LogP contribution in [0.4, 0.5) is 17.3 Å². The fraction of sp³-hybridized carbons (Fsp3) is 0.375. The third kappa shape index (κ3) is 3.12. The lowest BCUT2D eigenvalue weighted by Gasteiger charge is -2.33. The van der Waals surface area contributed by atoms with Crippen LogP contribution in [0.1, 0.15) is 18.4 Å². The number of nitrogens with zero attached hydrogens (tertiary/aromatic N) is 3. The number of hydrogen-bond acceptors (Lipinski definition) is 6. The molecule has 3 rings (SSSR count). The highest BCUT2D eigenvalue weighted by Crippen LogP contribution is 2.30. The van der Waals surface area contributed by atoms with E-state index < -0.39 is 0 Å². The topological polar surface area (TPSA) is 93.1 Å². The second-order valence-corrected chi connectivity index (χ2v) is 5.72. The first-order valence-electron chi connectivity index (χ1n) is 7.64. The molecule has 1 aliphatic rings. The number of hydrogen-bond donors (Lipinski definition) is 3.